The van der Waals surface area contributed by atoms with Gasteiger partial charge in [-0.05, 0) is 36.2 Å². The van der Waals surface area contributed by atoms with Crippen LogP contribution in [0.25, 0.3) is 11.3 Å². The fraction of sp³-hybridized carbons (Fsp3) is 0.440. The molecule has 2 fully saturated rings. The number of aliphatic hydroxyl groups is 2. The number of hydrogen-bond acceptors (Lipinski definition) is 9. The van der Waals surface area contributed by atoms with E-state index in [1.165, 1.54) is 10.9 Å². The Morgan fingerprint density at radius 3 is 2.49 bits per heavy atom. The summed E-state index contributed by atoms with van der Waals surface area (Å²) in [5, 5.41) is 36.4. The summed E-state index contributed by atoms with van der Waals surface area (Å²) in [5.41, 5.74) is 0.840. The number of rotatable bonds is 6. The second-order valence-corrected chi connectivity index (χ2v) is 9.03. The molecule has 2 saturated heterocycles. The molecule has 11 nitrogen and oxygen atoms in total. The monoisotopic (exact) mass is 552 g/mol. The van der Waals surface area contributed by atoms with Crippen molar-refractivity contribution in [1.82, 2.24) is 20.0 Å². The first-order chi connectivity index (χ1) is 18.6. The largest absolute Gasteiger partial charge is 0.481 e. The predicted octanol–water partition coefficient (Wildman–Crippen LogP) is 2.23. The van der Waals surface area contributed by atoms with Crippen molar-refractivity contribution in [3.8, 4) is 11.3 Å². The molecule has 0 saturated carbocycles. The molecule has 3 N–H and O–H groups in total. The lowest BCUT2D eigenvalue weighted by Gasteiger charge is -2.49. The number of benzene rings is 1. The standard InChI is InChI=1S/C23H23F3N4O5.C2H4O2/c24-15-8-14(9-16(25)19(15)26)17-10-30(29-28-17)20-21(32)18(11-31)35-23(4-1-7-34-23)22(20)33-12-13-2-5-27-6-3-13;1-2(3)4/h2-3,5-6,8-10,18,20-22,31-32H,1,4,7,11-12H2;1H3,(H,3,4)/t18-,20+,21+,22-,23+;/m1./s1. The fourth-order valence-electron chi connectivity index (χ4n) is 4.59. The van der Waals surface area contributed by atoms with Gasteiger partial charge in [0.15, 0.2) is 23.2 Å². The van der Waals surface area contributed by atoms with Crippen LogP contribution in [0.3, 0.4) is 0 Å². The van der Waals surface area contributed by atoms with Gasteiger partial charge in [0.2, 0.25) is 0 Å². The van der Waals surface area contributed by atoms with Crippen LogP contribution < -0.4 is 0 Å². The van der Waals surface area contributed by atoms with Crippen LogP contribution in [-0.4, -0.2) is 78.6 Å². The van der Waals surface area contributed by atoms with Crippen LogP contribution in [0.4, 0.5) is 13.2 Å². The summed E-state index contributed by atoms with van der Waals surface area (Å²) in [4.78, 5) is 13.0. The highest BCUT2D eigenvalue weighted by atomic mass is 19.2. The van der Waals surface area contributed by atoms with Gasteiger partial charge in [-0.15, -0.1) is 5.10 Å². The Kier molecular flexibility index (Phi) is 8.92. The molecule has 1 aromatic carbocycles. The summed E-state index contributed by atoms with van der Waals surface area (Å²) in [5.74, 6) is -6.41. The van der Waals surface area contributed by atoms with Crippen molar-refractivity contribution >= 4 is 5.97 Å². The average molecular weight is 553 g/mol. The number of pyridine rings is 1. The van der Waals surface area contributed by atoms with Crippen molar-refractivity contribution in [2.45, 2.75) is 56.5 Å². The minimum absolute atomic E-state index is 0.0333. The number of aliphatic hydroxyl groups excluding tert-OH is 2. The Morgan fingerprint density at radius 1 is 1.23 bits per heavy atom. The van der Waals surface area contributed by atoms with Crippen molar-refractivity contribution in [2.24, 2.45) is 0 Å². The van der Waals surface area contributed by atoms with Crippen molar-refractivity contribution in [1.29, 1.82) is 0 Å². The van der Waals surface area contributed by atoms with E-state index in [2.05, 4.69) is 15.3 Å². The molecular formula is C25H27F3N4O7. The summed E-state index contributed by atoms with van der Waals surface area (Å²) >= 11 is 0. The molecule has 0 bridgehead atoms. The molecular weight excluding hydrogens is 525 g/mol. The number of hydrogen-bond donors (Lipinski definition) is 3. The van der Waals surface area contributed by atoms with Gasteiger partial charge in [0.05, 0.1) is 26.0 Å². The lowest BCUT2D eigenvalue weighted by Crippen LogP contribution is -2.63. The van der Waals surface area contributed by atoms with Gasteiger partial charge in [0, 0.05) is 31.3 Å². The first-order valence-electron chi connectivity index (χ1n) is 12.0. The number of nitrogens with zero attached hydrogens (tertiary/aromatic N) is 4. The smallest absolute Gasteiger partial charge is 0.300 e. The van der Waals surface area contributed by atoms with Gasteiger partial charge in [-0.1, -0.05) is 5.21 Å². The second-order valence-electron chi connectivity index (χ2n) is 9.03. The topological polar surface area (TPSA) is 149 Å². The molecule has 2 aromatic heterocycles. The van der Waals surface area contributed by atoms with Crippen molar-refractivity contribution < 1.29 is 47.5 Å². The van der Waals surface area contributed by atoms with Crippen LogP contribution in [0, 0.1) is 17.5 Å². The fourth-order valence-corrected chi connectivity index (χ4v) is 4.59. The minimum atomic E-state index is -1.59. The maximum atomic E-state index is 13.8. The summed E-state index contributed by atoms with van der Waals surface area (Å²) in [7, 11) is 0. The van der Waals surface area contributed by atoms with Crippen LogP contribution in [0.5, 0.6) is 0 Å². The molecule has 1 spiro atoms. The molecule has 39 heavy (non-hydrogen) atoms. The number of carboxylic acids is 1. The molecule has 0 aliphatic carbocycles. The normalized spacial score (nSPS) is 26.3. The molecule has 5 atom stereocenters. The highest BCUT2D eigenvalue weighted by Gasteiger charge is 2.58. The molecule has 14 heteroatoms. The quantitative estimate of drug-likeness (QED) is 0.389. The molecule has 2 aliphatic heterocycles. The third-order valence-corrected chi connectivity index (χ3v) is 6.30. The van der Waals surface area contributed by atoms with E-state index in [9.17, 15) is 23.4 Å². The van der Waals surface area contributed by atoms with E-state index in [4.69, 9.17) is 24.1 Å². The molecule has 4 heterocycles. The SMILES string of the molecule is CC(=O)O.OC[C@H]1O[C@@]2(CCCO2)[C@H](OCc2ccncc2)[C@@H](n2cc(-c3cc(F)c(F)c(F)c3)nn2)[C@H]1O. The number of carbonyl (C=O) groups is 1. The Bertz CT molecular complexity index is 1250. The summed E-state index contributed by atoms with van der Waals surface area (Å²) < 4.78 is 60.5. The van der Waals surface area contributed by atoms with E-state index in [0.717, 1.165) is 24.6 Å². The molecule has 210 valence electrons. The van der Waals surface area contributed by atoms with E-state index < -0.39 is 60.2 Å². The molecule has 0 unspecified atom stereocenters. The van der Waals surface area contributed by atoms with E-state index in [-0.39, 0.29) is 17.9 Å². The first-order valence-corrected chi connectivity index (χ1v) is 12.0. The lowest BCUT2D eigenvalue weighted by atomic mass is 9.88. The van der Waals surface area contributed by atoms with Crippen molar-refractivity contribution in [3.63, 3.8) is 0 Å². The third-order valence-electron chi connectivity index (χ3n) is 6.30. The Balaban J connectivity index is 0.000000826. The summed E-state index contributed by atoms with van der Waals surface area (Å²) in [6.07, 6.45) is 2.56. The zero-order valence-electron chi connectivity index (χ0n) is 20.8. The molecule has 5 rings (SSSR count). The first kappa shape index (κ1) is 28.6. The zero-order valence-corrected chi connectivity index (χ0v) is 20.8. The molecule has 2 aliphatic rings. The van der Waals surface area contributed by atoms with Crippen LogP contribution in [0.1, 0.15) is 31.4 Å². The Morgan fingerprint density at radius 2 is 1.90 bits per heavy atom. The lowest BCUT2D eigenvalue weighted by molar-refractivity contribution is -0.348. The molecule has 0 radical (unpaired) electrons. The second kappa shape index (κ2) is 12.2. The number of aromatic nitrogens is 4. The van der Waals surface area contributed by atoms with Gasteiger partial charge >= 0.3 is 0 Å². The minimum Gasteiger partial charge on any atom is -0.481 e. The van der Waals surface area contributed by atoms with Gasteiger partial charge in [-0.2, -0.15) is 0 Å². The van der Waals surface area contributed by atoms with E-state index in [0.29, 0.717) is 19.4 Å². The Hall–Kier alpha value is -3.43. The van der Waals surface area contributed by atoms with E-state index >= 15 is 0 Å². The molecule has 3 aromatic rings. The highest BCUT2D eigenvalue weighted by molar-refractivity contribution is 5.63. The number of aliphatic carboxylic acids is 1. The summed E-state index contributed by atoms with van der Waals surface area (Å²) in [6.45, 7) is 1.13. The maximum absolute atomic E-state index is 13.8. The van der Waals surface area contributed by atoms with Crippen LogP contribution in [0.15, 0.2) is 42.9 Å². The van der Waals surface area contributed by atoms with Crippen molar-refractivity contribution in [2.75, 3.05) is 13.2 Å². The van der Waals surface area contributed by atoms with Crippen LogP contribution in [0.2, 0.25) is 0 Å². The van der Waals surface area contributed by atoms with E-state index in [1.807, 2.05) is 0 Å². The van der Waals surface area contributed by atoms with Gasteiger partial charge in [0.1, 0.15) is 30.0 Å². The average Bonchev–Trinajstić information content (AvgIpc) is 3.58. The van der Waals surface area contributed by atoms with Crippen LogP contribution >= 0.6 is 0 Å². The number of carboxylic acid groups (broad SMARTS) is 1. The molecule has 0 amide bonds. The third kappa shape index (κ3) is 6.25. The van der Waals surface area contributed by atoms with E-state index in [1.54, 1.807) is 24.5 Å². The van der Waals surface area contributed by atoms with Gasteiger partial charge in [-0.25, -0.2) is 17.9 Å². The van der Waals surface area contributed by atoms with Gasteiger partial charge < -0.3 is 29.5 Å². The highest BCUT2D eigenvalue weighted by Crippen LogP contribution is 2.45. The zero-order chi connectivity index (χ0) is 28.2. The van der Waals surface area contributed by atoms with Gasteiger partial charge in [0.25, 0.3) is 5.97 Å². The van der Waals surface area contributed by atoms with Gasteiger partial charge in [-0.3, -0.25) is 9.78 Å². The number of halogens is 3. The summed E-state index contributed by atoms with van der Waals surface area (Å²) in [6, 6.07) is 4.24. The maximum Gasteiger partial charge on any atom is 0.300 e. The number of ether oxygens (including phenoxy) is 3. The predicted molar refractivity (Wildman–Crippen MR) is 126 cm³/mol. The Labute approximate surface area is 220 Å². The van der Waals surface area contributed by atoms with Crippen LogP contribution in [-0.2, 0) is 25.6 Å². The van der Waals surface area contributed by atoms with Crippen molar-refractivity contribution in [3.05, 3.63) is 65.9 Å².